The second kappa shape index (κ2) is 6.60. The molecule has 0 atom stereocenters. The van der Waals surface area contributed by atoms with Gasteiger partial charge in [0.1, 0.15) is 5.82 Å². The van der Waals surface area contributed by atoms with Crippen molar-refractivity contribution in [1.29, 1.82) is 0 Å². The zero-order valence-corrected chi connectivity index (χ0v) is 15.3. The van der Waals surface area contributed by atoms with Crippen LogP contribution in [-0.2, 0) is 19.0 Å². The highest BCUT2D eigenvalue weighted by Gasteiger charge is 2.34. The highest BCUT2D eigenvalue weighted by Crippen LogP contribution is 2.40. The lowest BCUT2D eigenvalue weighted by Gasteiger charge is -2.10. The summed E-state index contributed by atoms with van der Waals surface area (Å²) in [6, 6.07) is 11.9. The molecule has 140 valence electrons. The first kappa shape index (κ1) is 17.9. The van der Waals surface area contributed by atoms with Crippen molar-refractivity contribution in [2.45, 2.75) is 25.9 Å². The molecule has 1 aliphatic heterocycles. The number of anilines is 1. The van der Waals surface area contributed by atoms with Gasteiger partial charge in [-0.15, -0.1) is 0 Å². The predicted molar refractivity (Wildman–Crippen MR) is 101 cm³/mol. The van der Waals surface area contributed by atoms with Crippen LogP contribution < -0.4 is 5.32 Å². The van der Waals surface area contributed by atoms with Crippen molar-refractivity contribution >= 4 is 17.4 Å². The molecule has 3 nitrogen and oxygen atoms in total. The lowest BCUT2D eigenvalue weighted by Crippen LogP contribution is -2.06. The number of alkyl halides is 3. The lowest BCUT2D eigenvalue weighted by molar-refractivity contribution is -0.137. The van der Waals surface area contributed by atoms with Gasteiger partial charge in [0.2, 0.25) is 0 Å². The van der Waals surface area contributed by atoms with Gasteiger partial charge in [-0.2, -0.15) is 18.3 Å². The smallest absolute Gasteiger partial charge is 0.369 e. The van der Waals surface area contributed by atoms with E-state index in [0.29, 0.717) is 17.7 Å². The topological polar surface area (TPSA) is 29.9 Å². The fourth-order valence-electron chi connectivity index (χ4n) is 3.36. The van der Waals surface area contributed by atoms with Crippen LogP contribution in [0.3, 0.4) is 0 Å². The van der Waals surface area contributed by atoms with Gasteiger partial charge >= 0.3 is 6.18 Å². The average Bonchev–Trinajstić information content (AvgIpc) is 3.24. The molecule has 1 aromatic heterocycles. The van der Waals surface area contributed by atoms with Crippen LogP contribution in [0.5, 0.6) is 0 Å². The van der Waals surface area contributed by atoms with E-state index in [2.05, 4.69) is 17.3 Å². The highest BCUT2D eigenvalue weighted by atomic mass is 35.5. The maximum Gasteiger partial charge on any atom is 0.417 e. The van der Waals surface area contributed by atoms with Crippen molar-refractivity contribution < 1.29 is 13.2 Å². The molecular formula is C20H17ClF3N3. The van der Waals surface area contributed by atoms with Gasteiger partial charge in [-0.1, -0.05) is 36.7 Å². The zero-order chi connectivity index (χ0) is 19.2. The van der Waals surface area contributed by atoms with Crippen LogP contribution in [0.15, 0.2) is 42.5 Å². The zero-order valence-electron chi connectivity index (χ0n) is 14.6. The van der Waals surface area contributed by atoms with Crippen molar-refractivity contribution in [3.63, 3.8) is 0 Å². The molecule has 0 spiro atoms. The summed E-state index contributed by atoms with van der Waals surface area (Å²) < 4.78 is 41.5. The van der Waals surface area contributed by atoms with Crippen molar-refractivity contribution in [2.24, 2.45) is 0 Å². The third kappa shape index (κ3) is 3.18. The number of aromatic nitrogens is 2. The minimum atomic E-state index is -4.51. The summed E-state index contributed by atoms with van der Waals surface area (Å²) in [5, 5.41) is 7.61. The summed E-state index contributed by atoms with van der Waals surface area (Å²) in [6.45, 7) is 2.81. The minimum absolute atomic E-state index is 0.310. The molecule has 0 amide bonds. The van der Waals surface area contributed by atoms with Crippen LogP contribution in [0.2, 0.25) is 5.02 Å². The Hall–Kier alpha value is -2.47. The first-order valence-corrected chi connectivity index (χ1v) is 9.08. The quantitative estimate of drug-likeness (QED) is 0.616. The largest absolute Gasteiger partial charge is 0.417 e. The van der Waals surface area contributed by atoms with E-state index in [4.69, 9.17) is 11.6 Å². The normalized spacial score (nSPS) is 13.5. The van der Waals surface area contributed by atoms with E-state index in [1.165, 1.54) is 11.6 Å². The Labute approximate surface area is 159 Å². The van der Waals surface area contributed by atoms with Crippen molar-refractivity contribution in [2.75, 3.05) is 11.9 Å². The molecule has 2 heterocycles. The van der Waals surface area contributed by atoms with Gasteiger partial charge in [-0.3, -0.25) is 0 Å². The monoisotopic (exact) mass is 391 g/mol. The summed E-state index contributed by atoms with van der Waals surface area (Å²) in [6.07, 6.45) is -2.86. The van der Waals surface area contributed by atoms with Gasteiger partial charge in [0.15, 0.2) is 0 Å². The number of nitrogens with one attached hydrogen (secondary N) is 1. The fourth-order valence-corrected chi connectivity index (χ4v) is 3.58. The fraction of sp³-hybridized carbons (Fsp3) is 0.250. The van der Waals surface area contributed by atoms with Gasteiger partial charge in [0, 0.05) is 17.7 Å². The Bertz CT molecular complexity index is 991. The second-order valence-corrected chi connectivity index (χ2v) is 6.88. The van der Waals surface area contributed by atoms with Gasteiger partial charge in [0.25, 0.3) is 0 Å². The van der Waals surface area contributed by atoms with Crippen LogP contribution >= 0.6 is 11.6 Å². The molecule has 0 saturated heterocycles. The lowest BCUT2D eigenvalue weighted by atomic mass is 10.0. The molecule has 0 unspecified atom stereocenters. The van der Waals surface area contributed by atoms with Gasteiger partial charge in [0.05, 0.1) is 22.0 Å². The molecule has 7 heteroatoms. The molecule has 0 aliphatic carbocycles. The molecule has 27 heavy (non-hydrogen) atoms. The van der Waals surface area contributed by atoms with E-state index < -0.39 is 11.7 Å². The van der Waals surface area contributed by atoms with Crippen LogP contribution in [-0.4, -0.2) is 16.3 Å². The third-order valence-electron chi connectivity index (χ3n) is 4.79. The highest BCUT2D eigenvalue weighted by molar-refractivity contribution is 6.31. The van der Waals surface area contributed by atoms with Crippen LogP contribution in [0.1, 0.15) is 23.6 Å². The van der Waals surface area contributed by atoms with E-state index >= 15 is 0 Å². The van der Waals surface area contributed by atoms with E-state index in [1.807, 2.05) is 24.3 Å². The van der Waals surface area contributed by atoms with E-state index in [-0.39, 0.29) is 5.02 Å². The number of hydrogen-bond acceptors (Lipinski definition) is 2. The minimum Gasteiger partial charge on any atom is -0.369 e. The number of rotatable bonds is 3. The number of nitrogens with zero attached hydrogens (tertiary/aromatic N) is 2. The summed E-state index contributed by atoms with van der Waals surface area (Å²) in [5.74, 6) is 0.831. The number of halogens is 4. The van der Waals surface area contributed by atoms with Crippen LogP contribution in [0.25, 0.3) is 16.9 Å². The maximum absolute atomic E-state index is 13.2. The summed E-state index contributed by atoms with van der Waals surface area (Å²) in [5.41, 5.74) is 3.12. The van der Waals surface area contributed by atoms with Gasteiger partial charge in [-0.25, -0.2) is 4.68 Å². The Kier molecular flexibility index (Phi) is 4.38. The number of benzene rings is 2. The third-order valence-corrected chi connectivity index (χ3v) is 5.11. The molecule has 0 fully saturated rings. The Morgan fingerprint density at radius 3 is 2.56 bits per heavy atom. The Morgan fingerprint density at radius 2 is 1.89 bits per heavy atom. The summed E-state index contributed by atoms with van der Waals surface area (Å²) in [7, 11) is 0. The first-order valence-electron chi connectivity index (χ1n) is 8.70. The Morgan fingerprint density at radius 1 is 1.15 bits per heavy atom. The molecule has 0 bridgehead atoms. The standard InChI is InChI=1S/C20H17ClF3N3/c1-2-12-3-6-14(7-4-12)27-19-15(9-10-25-19)18(26-27)13-5-8-17(21)16(11-13)20(22,23)24/h3-8,11,25H,2,9-10H2,1H3. The molecule has 1 N–H and O–H groups in total. The van der Waals surface area contributed by atoms with Gasteiger partial charge < -0.3 is 5.32 Å². The summed E-state index contributed by atoms with van der Waals surface area (Å²) >= 11 is 5.76. The Balaban J connectivity index is 1.83. The van der Waals surface area contributed by atoms with Crippen molar-refractivity contribution in [3.05, 3.63) is 64.2 Å². The molecule has 0 saturated carbocycles. The molecule has 0 radical (unpaired) electrons. The SMILES string of the molecule is CCc1ccc(-n2nc(-c3ccc(Cl)c(C(F)(F)F)c3)c3c2NCC3)cc1. The van der Waals surface area contributed by atoms with Crippen molar-refractivity contribution in [3.8, 4) is 16.9 Å². The van der Waals surface area contributed by atoms with Crippen LogP contribution in [0.4, 0.5) is 19.0 Å². The predicted octanol–water partition coefficient (Wildman–Crippen LogP) is 5.74. The second-order valence-electron chi connectivity index (χ2n) is 6.48. The molecule has 3 aromatic rings. The number of fused-ring (bicyclic) bond motifs is 1. The van der Waals surface area contributed by atoms with Crippen LogP contribution in [0, 0.1) is 0 Å². The van der Waals surface area contributed by atoms with E-state index in [0.717, 1.165) is 36.1 Å². The molecular weight excluding hydrogens is 375 g/mol. The average molecular weight is 392 g/mol. The summed E-state index contributed by atoms with van der Waals surface area (Å²) in [4.78, 5) is 0. The van der Waals surface area contributed by atoms with E-state index in [9.17, 15) is 13.2 Å². The number of hydrogen-bond donors (Lipinski definition) is 1. The number of aryl methyl sites for hydroxylation is 1. The molecule has 2 aromatic carbocycles. The molecule has 4 rings (SSSR count). The van der Waals surface area contributed by atoms with Crippen molar-refractivity contribution in [1.82, 2.24) is 9.78 Å². The molecule has 1 aliphatic rings. The first-order chi connectivity index (χ1) is 12.9. The van der Waals surface area contributed by atoms with Gasteiger partial charge in [-0.05, 0) is 42.7 Å². The maximum atomic E-state index is 13.2. The van der Waals surface area contributed by atoms with E-state index in [1.54, 1.807) is 10.7 Å².